The largest absolute Gasteiger partial charge is 0.341 e. The van der Waals surface area contributed by atoms with Crippen LogP contribution in [0.1, 0.15) is 52.9 Å². The second-order valence-electron chi connectivity index (χ2n) is 5.66. The van der Waals surface area contributed by atoms with Gasteiger partial charge in [-0.25, -0.2) is 0 Å². The fourth-order valence-corrected chi connectivity index (χ4v) is 2.50. The minimum Gasteiger partial charge on any atom is -0.341 e. The van der Waals surface area contributed by atoms with Crippen molar-refractivity contribution >= 4 is 5.91 Å². The molecule has 0 N–H and O–H groups in total. The summed E-state index contributed by atoms with van der Waals surface area (Å²) in [6.45, 7) is 6.26. The van der Waals surface area contributed by atoms with Crippen molar-refractivity contribution in [2.75, 3.05) is 7.05 Å². The molecule has 1 amide bonds. The van der Waals surface area contributed by atoms with Gasteiger partial charge in [0.1, 0.15) is 5.41 Å². The molecule has 0 saturated heterocycles. The molecule has 1 unspecified atom stereocenters. The average molecular weight is 236 g/mol. The van der Waals surface area contributed by atoms with Crippen molar-refractivity contribution in [2.24, 2.45) is 11.3 Å². The number of nitriles is 1. The topological polar surface area (TPSA) is 44.1 Å². The van der Waals surface area contributed by atoms with Gasteiger partial charge in [0.2, 0.25) is 5.91 Å². The number of carbonyl (C=O) groups excluding carboxylic acids is 1. The van der Waals surface area contributed by atoms with Gasteiger partial charge in [0.25, 0.3) is 0 Å². The van der Waals surface area contributed by atoms with Crippen LogP contribution in [-0.4, -0.2) is 23.9 Å². The second-order valence-corrected chi connectivity index (χ2v) is 5.66. The molecule has 0 radical (unpaired) electrons. The summed E-state index contributed by atoms with van der Waals surface area (Å²) in [5.41, 5.74) is -0.740. The van der Waals surface area contributed by atoms with E-state index in [1.54, 1.807) is 4.90 Å². The number of hydrogen-bond donors (Lipinski definition) is 0. The van der Waals surface area contributed by atoms with Crippen LogP contribution in [0.3, 0.4) is 0 Å². The van der Waals surface area contributed by atoms with Gasteiger partial charge in [-0.1, -0.05) is 33.1 Å². The maximum Gasteiger partial charge on any atom is 0.243 e. The predicted molar refractivity (Wildman–Crippen MR) is 68.2 cm³/mol. The van der Waals surface area contributed by atoms with Gasteiger partial charge in [-0.2, -0.15) is 5.26 Å². The van der Waals surface area contributed by atoms with Crippen LogP contribution in [0.2, 0.25) is 0 Å². The Bertz CT molecular complexity index is 311. The van der Waals surface area contributed by atoms with Gasteiger partial charge in [-0.05, 0) is 25.7 Å². The Labute approximate surface area is 105 Å². The van der Waals surface area contributed by atoms with Gasteiger partial charge in [-0.15, -0.1) is 0 Å². The summed E-state index contributed by atoms with van der Waals surface area (Å²) >= 11 is 0. The van der Waals surface area contributed by atoms with Crippen LogP contribution in [0, 0.1) is 22.7 Å². The van der Waals surface area contributed by atoms with Gasteiger partial charge in [0, 0.05) is 13.1 Å². The molecule has 0 aromatic carbocycles. The quantitative estimate of drug-likeness (QED) is 0.756. The third kappa shape index (κ3) is 2.80. The first kappa shape index (κ1) is 14.0. The molecule has 1 atom stereocenters. The summed E-state index contributed by atoms with van der Waals surface area (Å²) in [6, 6.07) is 2.49. The standard InChI is InChI=1S/C14H24N2O/c1-11(2)12(3)16(4)13(17)14(10-15)8-6-5-7-9-14/h11-12H,5-9H2,1-4H3. The summed E-state index contributed by atoms with van der Waals surface area (Å²) < 4.78 is 0. The molecule has 3 heteroatoms. The smallest absolute Gasteiger partial charge is 0.243 e. The van der Waals surface area contributed by atoms with E-state index in [1.807, 2.05) is 7.05 Å². The number of carbonyl (C=O) groups is 1. The first-order chi connectivity index (χ1) is 7.94. The lowest BCUT2D eigenvalue weighted by atomic mass is 9.74. The predicted octanol–water partition coefficient (Wildman–Crippen LogP) is 2.96. The number of nitrogens with zero attached hydrogens (tertiary/aromatic N) is 2. The van der Waals surface area contributed by atoms with E-state index in [-0.39, 0.29) is 11.9 Å². The van der Waals surface area contributed by atoms with Crippen molar-refractivity contribution in [1.82, 2.24) is 4.90 Å². The summed E-state index contributed by atoms with van der Waals surface area (Å²) in [7, 11) is 1.83. The van der Waals surface area contributed by atoms with E-state index >= 15 is 0 Å². The van der Waals surface area contributed by atoms with Crippen molar-refractivity contribution < 1.29 is 4.79 Å². The van der Waals surface area contributed by atoms with Crippen LogP contribution in [0.15, 0.2) is 0 Å². The third-order valence-corrected chi connectivity index (χ3v) is 4.23. The Kier molecular flexibility index (Phi) is 4.56. The molecule has 0 spiro atoms. The third-order valence-electron chi connectivity index (χ3n) is 4.23. The van der Waals surface area contributed by atoms with Crippen LogP contribution in [-0.2, 0) is 4.79 Å². The SMILES string of the molecule is CC(C)C(C)N(C)C(=O)C1(C#N)CCCCC1. The van der Waals surface area contributed by atoms with Crippen molar-refractivity contribution in [3.05, 3.63) is 0 Å². The first-order valence-electron chi connectivity index (χ1n) is 6.63. The highest BCUT2D eigenvalue weighted by Crippen LogP contribution is 2.37. The van der Waals surface area contributed by atoms with Crippen LogP contribution in [0.5, 0.6) is 0 Å². The normalized spacial score (nSPS) is 20.7. The monoisotopic (exact) mass is 236 g/mol. The van der Waals surface area contributed by atoms with E-state index in [9.17, 15) is 10.1 Å². The van der Waals surface area contributed by atoms with Gasteiger partial charge in [0.05, 0.1) is 6.07 Å². The van der Waals surface area contributed by atoms with Crippen LogP contribution in [0.25, 0.3) is 0 Å². The molecule has 1 aliphatic rings. The van der Waals surface area contributed by atoms with Crippen molar-refractivity contribution in [1.29, 1.82) is 5.26 Å². The Morgan fingerprint density at radius 1 is 1.24 bits per heavy atom. The first-order valence-corrected chi connectivity index (χ1v) is 6.63. The van der Waals surface area contributed by atoms with Crippen LogP contribution >= 0.6 is 0 Å². The molecule has 1 rings (SSSR count). The highest BCUT2D eigenvalue weighted by molar-refractivity contribution is 5.85. The highest BCUT2D eigenvalue weighted by Gasteiger charge is 2.42. The number of hydrogen-bond acceptors (Lipinski definition) is 2. The zero-order valence-corrected chi connectivity index (χ0v) is 11.5. The fourth-order valence-electron chi connectivity index (χ4n) is 2.50. The van der Waals surface area contributed by atoms with E-state index in [2.05, 4.69) is 26.8 Å². The molecule has 1 saturated carbocycles. The van der Waals surface area contributed by atoms with E-state index in [0.29, 0.717) is 5.92 Å². The lowest BCUT2D eigenvalue weighted by Gasteiger charge is -2.37. The molecule has 1 aliphatic carbocycles. The molecule has 0 bridgehead atoms. The van der Waals surface area contributed by atoms with E-state index in [4.69, 9.17) is 0 Å². The molecular formula is C14H24N2O. The molecule has 0 aromatic heterocycles. The molecule has 0 heterocycles. The minimum absolute atomic E-state index is 0.0286. The van der Waals surface area contributed by atoms with E-state index < -0.39 is 5.41 Å². The molecule has 1 fully saturated rings. The fraction of sp³-hybridized carbons (Fsp3) is 0.857. The molecule has 0 aliphatic heterocycles. The minimum atomic E-state index is -0.740. The lowest BCUT2D eigenvalue weighted by molar-refractivity contribution is -0.141. The maximum absolute atomic E-state index is 12.5. The molecule has 96 valence electrons. The van der Waals surface area contributed by atoms with Gasteiger partial charge in [0.15, 0.2) is 0 Å². The van der Waals surface area contributed by atoms with Crippen molar-refractivity contribution in [3.8, 4) is 6.07 Å². The van der Waals surface area contributed by atoms with E-state index in [0.717, 1.165) is 32.1 Å². The zero-order chi connectivity index (χ0) is 13.1. The summed E-state index contributed by atoms with van der Waals surface area (Å²) in [6.07, 6.45) is 4.63. The Morgan fingerprint density at radius 2 is 1.76 bits per heavy atom. The van der Waals surface area contributed by atoms with Crippen molar-refractivity contribution in [2.45, 2.75) is 58.9 Å². The van der Waals surface area contributed by atoms with Gasteiger partial charge >= 0.3 is 0 Å². The van der Waals surface area contributed by atoms with Gasteiger partial charge < -0.3 is 4.90 Å². The lowest BCUT2D eigenvalue weighted by Crippen LogP contribution is -2.47. The Balaban J connectivity index is 2.83. The van der Waals surface area contributed by atoms with Crippen LogP contribution in [0.4, 0.5) is 0 Å². The van der Waals surface area contributed by atoms with Crippen molar-refractivity contribution in [3.63, 3.8) is 0 Å². The summed E-state index contributed by atoms with van der Waals surface area (Å²) in [5.74, 6) is 0.448. The Hall–Kier alpha value is -1.04. The Morgan fingerprint density at radius 3 is 2.18 bits per heavy atom. The molecule has 17 heavy (non-hydrogen) atoms. The maximum atomic E-state index is 12.5. The summed E-state index contributed by atoms with van der Waals surface area (Å²) in [5, 5.41) is 9.38. The zero-order valence-electron chi connectivity index (χ0n) is 11.5. The number of amides is 1. The van der Waals surface area contributed by atoms with E-state index in [1.165, 1.54) is 0 Å². The second kappa shape index (κ2) is 5.53. The highest BCUT2D eigenvalue weighted by atomic mass is 16.2. The van der Waals surface area contributed by atoms with Crippen LogP contribution < -0.4 is 0 Å². The molecule has 0 aromatic rings. The molecule has 3 nitrogen and oxygen atoms in total. The molecular weight excluding hydrogens is 212 g/mol. The average Bonchev–Trinajstić information content (AvgIpc) is 2.36. The number of rotatable bonds is 3. The summed E-state index contributed by atoms with van der Waals surface area (Å²) in [4.78, 5) is 14.3. The van der Waals surface area contributed by atoms with Gasteiger partial charge in [-0.3, -0.25) is 4.79 Å².